The summed E-state index contributed by atoms with van der Waals surface area (Å²) in [5.41, 5.74) is 6.80. The van der Waals surface area contributed by atoms with Crippen molar-refractivity contribution >= 4 is 11.6 Å². The van der Waals surface area contributed by atoms with Gasteiger partial charge in [-0.2, -0.15) is 0 Å². The van der Waals surface area contributed by atoms with Gasteiger partial charge in [0.1, 0.15) is 11.6 Å². The highest BCUT2D eigenvalue weighted by Crippen LogP contribution is 2.14. The van der Waals surface area contributed by atoms with Crippen molar-refractivity contribution in [2.24, 2.45) is 0 Å². The third kappa shape index (κ3) is 2.88. The molecule has 78 valence electrons. The van der Waals surface area contributed by atoms with Crippen LogP contribution in [0.3, 0.4) is 0 Å². The van der Waals surface area contributed by atoms with Gasteiger partial charge in [0.25, 0.3) is 0 Å². The van der Waals surface area contributed by atoms with Crippen LogP contribution in [0.1, 0.15) is 5.56 Å². The Labute approximate surface area is 85.1 Å². The first-order valence-corrected chi connectivity index (χ1v) is 4.71. The van der Waals surface area contributed by atoms with Crippen molar-refractivity contribution in [2.45, 2.75) is 6.42 Å². The Morgan fingerprint density at radius 2 is 2.14 bits per heavy atom. The van der Waals surface area contributed by atoms with E-state index in [2.05, 4.69) is 29.3 Å². The molecule has 0 atom stereocenters. The highest BCUT2D eigenvalue weighted by Gasteiger charge is 2.03. The van der Waals surface area contributed by atoms with Crippen molar-refractivity contribution in [1.82, 2.24) is 9.88 Å². The Morgan fingerprint density at radius 3 is 2.71 bits per heavy atom. The maximum Gasteiger partial charge on any atom is 0.131 e. The molecule has 0 aromatic carbocycles. The van der Waals surface area contributed by atoms with Crippen LogP contribution in [0.25, 0.3) is 0 Å². The summed E-state index contributed by atoms with van der Waals surface area (Å²) in [4.78, 5) is 6.37. The molecule has 0 radical (unpaired) electrons. The van der Waals surface area contributed by atoms with Crippen LogP contribution in [-0.2, 0) is 6.42 Å². The molecule has 0 amide bonds. The van der Waals surface area contributed by atoms with Crippen LogP contribution in [0.4, 0.5) is 11.6 Å². The van der Waals surface area contributed by atoms with Crippen molar-refractivity contribution in [3.63, 3.8) is 0 Å². The van der Waals surface area contributed by atoms with Crippen molar-refractivity contribution in [1.29, 1.82) is 0 Å². The van der Waals surface area contributed by atoms with E-state index in [1.807, 2.05) is 19.2 Å². The maximum absolute atomic E-state index is 5.60. The molecule has 14 heavy (non-hydrogen) atoms. The number of anilines is 2. The molecule has 0 bridgehead atoms. The van der Waals surface area contributed by atoms with Gasteiger partial charge in [0.05, 0.1) is 0 Å². The van der Waals surface area contributed by atoms with E-state index in [0.29, 0.717) is 5.82 Å². The summed E-state index contributed by atoms with van der Waals surface area (Å²) < 4.78 is 0. The van der Waals surface area contributed by atoms with E-state index in [4.69, 9.17) is 5.73 Å². The molecule has 0 spiro atoms. The number of pyridine rings is 1. The lowest BCUT2D eigenvalue weighted by Gasteiger charge is -2.12. The van der Waals surface area contributed by atoms with E-state index in [1.165, 1.54) is 5.56 Å². The van der Waals surface area contributed by atoms with Crippen LogP contribution in [0.15, 0.2) is 12.1 Å². The first kappa shape index (κ1) is 10.8. The number of aromatic nitrogens is 1. The summed E-state index contributed by atoms with van der Waals surface area (Å²) in [6, 6.07) is 3.86. The summed E-state index contributed by atoms with van der Waals surface area (Å²) in [5, 5.41) is 3.05. The summed E-state index contributed by atoms with van der Waals surface area (Å²) in [7, 11) is 5.98. The fraction of sp³-hybridized carbons (Fsp3) is 0.500. The zero-order valence-electron chi connectivity index (χ0n) is 9.04. The van der Waals surface area contributed by atoms with Gasteiger partial charge in [-0.05, 0) is 32.1 Å². The molecule has 0 aliphatic rings. The van der Waals surface area contributed by atoms with Gasteiger partial charge in [-0.1, -0.05) is 6.07 Å². The molecular weight excluding hydrogens is 176 g/mol. The first-order valence-electron chi connectivity index (χ1n) is 4.71. The summed E-state index contributed by atoms with van der Waals surface area (Å²) in [5.74, 6) is 1.44. The van der Waals surface area contributed by atoms with Gasteiger partial charge in [-0.15, -0.1) is 0 Å². The van der Waals surface area contributed by atoms with Gasteiger partial charge in [0.15, 0.2) is 0 Å². The smallest absolute Gasteiger partial charge is 0.131 e. The molecule has 1 rings (SSSR count). The van der Waals surface area contributed by atoms with Gasteiger partial charge >= 0.3 is 0 Å². The van der Waals surface area contributed by atoms with Crippen LogP contribution >= 0.6 is 0 Å². The number of likely N-dealkylation sites (N-methyl/N-ethyl adjacent to an activating group) is 1. The van der Waals surface area contributed by atoms with Gasteiger partial charge in [-0.25, -0.2) is 4.98 Å². The Bertz CT molecular complexity index is 296. The molecule has 3 N–H and O–H groups in total. The topological polar surface area (TPSA) is 54.2 Å². The molecule has 4 nitrogen and oxygen atoms in total. The number of nitrogens with zero attached hydrogens (tertiary/aromatic N) is 2. The fourth-order valence-corrected chi connectivity index (χ4v) is 1.27. The number of rotatable bonds is 4. The van der Waals surface area contributed by atoms with E-state index >= 15 is 0 Å². The van der Waals surface area contributed by atoms with Gasteiger partial charge in [0, 0.05) is 13.6 Å². The lowest BCUT2D eigenvalue weighted by Crippen LogP contribution is -2.16. The summed E-state index contributed by atoms with van der Waals surface area (Å²) in [6.07, 6.45) is 0.983. The molecular formula is C10H18N4. The zero-order chi connectivity index (χ0) is 10.6. The molecule has 0 saturated heterocycles. The second-order valence-corrected chi connectivity index (χ2v) is 3.55. The van der Waals surface area contributed by atoms with Crippen molar-refractivity contribution in [2.75, 3.05) is 38.7 Å². The average Bonchev–Trinajstić information content (AvgIpc) is 2.15. The maximum atomic E-state index is 5.60. The van der Waals surface area contributed by atoms with Crippen LogP contribution in [0.5, 0.6) is 0 Å². The third-order valence-corrected chi connectivity index (χ3v) is 2.07. The number of nitrogens with one attached hydrogen (secondary N) is 1. The number of hydrogen-bond acceptors (Lipinski definition) is 4. The SMILES string of the molecule is CNc1nc(N)ccc1CCN(C)C. The molecule has 0 aliphatic heterocycles. The quantitative estimate of drug-likeness (QED) is 0.744. The van der Waals surface area contributed by atoms with Crippen LogP contribution in [0, 0.1) is 0 Å². The van der Waals surface area contributed by atoms with Gasteiger partial charge in [-0.3, -0.25) is 0 Å². The van der Waals surface area contributed by atoms with E-state index < -0.39 is 0 Å². The van der Waals surface area contributed by atoms with Crippen LogP contribution in [-0.4, -0.2) is 37.6 Å². The summed E-state index contributed by atoms with van der Waals surface area (Å²) in [6.45, 7) is 1.01. The predicted molar refractivity (Wildman–Crippen MR) is 60.5 cm³/mol. The van der Waals surface area contributed by atoms with Gasteiger partial charge in [0.2, 0.25) is 0 Å². The molecule has 1 heterocycles. The van der Waals surface area contributed by atoms with E-state index in [1.54, 1.807) is 0 Å². The lowest BCUT2D eigenvalue weighted by molar-refractivity contribution is 0.414. The average molecular weight is 194 g/mol. The second kappa shape index (κ2) is 4.81. The minimum Gasteiger partial charge on any atom is -0.384 e. The monoisotopic (exact) mass is 194 g/mol. The zero-order valence-corrected chi connectivity index (χ0v) is 9.04. The standard InChI is InChI=1S/C10H18N4/c1-12-10-8(6-7-14(2)3)4-5-9(11)13-10/h4-5H,6-7H2,1-3H3,(H3,11,12,13). The van der Waals surface area contributed by atoms with Crippen molar-refractivity contribution in [3.8, 4) is 0 Å². The number of nitrogen functional groups attached to an aromatic ring is 1. The fourth-order valence-electron chi connectivity index (χ4n) is 1.27. The lowest BCUT2D eigenvalue weighted by atomic mass is 10.2. The molecule has 0 unspecified atom stereocenters. The number of hydrogen-bond donors (Lipinski definition) is 2. The third-order valence-electron chi connectivity index (χ3n) is 2.07. The highest BCUT2D eigenvalue weighted by atomic mass is 15.1. The van der Waals surface area contributed by atoms with E-state index in [-0.39, 0.29) is 0 Å². The number of nitrogens with two attached hydrogens (primary N) is 1. The second-order valence-electron chi connectivity index (χ2n) is 3.55. The van der Waals surface area contributed by atoms with Gasteiger partial charge < -0.3 is 16.0 Å². The largest absolute Gasteiger partial charge is 0.384 e. The minimum absolute atomic E-state index is 0.558. The van der Waals surface area contributed by atoms with Crippen LogP contribution < -0.4 is 11.1 Å². The Kier molecular flexibility index (Phi) is 3.71. The normalized spacial score (nSPS) is 10.6. The minimum atomic E-state index is 0.558. The van der Waals surface area contributed by atoms with Crippen LogP contribution in [0.2, 0.25) is 0 Å². The molecule has 0 aliphatic carbocycles. The molecule has 1 aromatic heterocycles. The molecule has 0 saturated carbocycles. The van der Waals surface area contributed by atoms with E-state index in [9.17, 15) is 0 Å². The summed E-state index contributed by atoms with van der Waals surface area (Å²) >= 11 is 0. The van der Waals surface area contributed by atoms with E-state index in [0.717, 1.165) is 18.8 Å². The molecule has 0 fully saturated rings. The Hall–Kier alpha value is -1.29. The first-order chi connectivity index (χ1) is 6.63. The Morgan fingerprint density at radius 1 is 1.43 bits per heavy atom. The predicted octanol–water partition coefficient (Wildman–Crippen LogP) is 0.810. The molecule has 4 heteroatoms. The molecule has 1 aromatic rings. The van der Waals surface area contributed by atoms with Crippen molar-refractivity contribution in [3.05, 3.63) is 17.7 Å². The Balaban J connectivity index is 2.75. The highest BCUT2D eigenvalue weighted by molar-refractivity contribution is 5.49. The van der Waals surface area contributed by atoms with Crippen molar-refractivity contribution < 1.29 is 0 Å².